The van der Waals surface area contributed by atoms with Crippen molar-refractivity contribution in [2.45, 2.75) is 33.4 Å². The van der Waals surface area contributed by atoms with Crippen LogP contribution in [0.5, 0.6) is 0 Å². The van der Waals surface area contributed by atoms with Gasteiger partial charge in [-0.1, -0.05) is 55.8 Å². The van der Waals surface area contributed by atoms with Gasteiger partial charge in [0.05, 0.1) is 10.6 Å². The minimum absolute atomic E-state index is 0.0494. The summed E-state index contributed by atoms with van der Waals surface area (Å²) in [5.74, 6) is -0.119. The molecule has 0 bridgehead atoms. The van der Waals surface area contributed by atoms with E-state index in [9.17, 15) is 9.59 Å². The van der Waals surface area contributed by atoms with Gasteiger partial charge in [0.25, 0.3) is 5.91 Å². The van der Waals surface area contributed by atoms with E-state index in [2.05, 4.69) is 10.3 Å². The average molecular weight is 427 g/mol. The maximum absolute atomic E-state index is 12.7. The lowest BCUT2D eigenvalue weighted by Gasteiger charge is -2.21. The zero-order valence-corrected chi connectivity index (χ0v) is 17.8. The van der Waals surface area contributed by atoms with Crippen LogP contribution in [0, 0.1) is 12.8 Å². The van der Waals surface area contributed by atoms with Gasteiger partial charge >= 0.3 is 5.97 Å². The number of carbonyl (C=O) groups excluding carboxylic acids is 2. The van der Waals surface area contributed by atoms with Crippen LogP contribution in [0.4, 0.5) is 0 Å². The molecule has 0 spiro atoms. The molecule has 1 atom stereocenters. The SMILES string of the molecule is Cc1oc(-c2ccccc2)nc1COC(=O)C(NC(=O)c1ccccc1Cl)C(C)C. The fraction of sp³-hybridized carbons (Fsp3) is 0.261. The average Bonchev–Trinajstić information content (AvgIpc) is 3.11. The molecular weight excluding hydrogens is 404 g/mol. The van der Waals surface area contributed by atoms with E-state index in [1.165, 1.54) is 0 Å². The van der Waals surface area contributed by atoms with Crippen LogP contribution in [-0.2, 0) is 16.1 Å². The quantitative estimate of drug-likeness (QED) is 0.549. The Kier molecular flexibility index (Phi) is 6.90. The standard InChI is InChI=1S/C23H23ClN2O4/c1-14(2)20(26-21(27)17-11-7-8-12-18(17)24)23(28)29-13-19-15(3)30-22(25-19)16-9-5-4-6-10-16/h4-12,14,20H,13H2,1-3H3,(H,26,27). The van der Waals surface area contributed by atoms with E-state index in [-0.39, 0.29) is 12.5 Å². The molecule has 7 heteroatoms. The van der Waals surface area contributed by atoms with Gasteiger partial charge in [-0.25, -0.2) is 9.78 Å². The number of rotatable bonds is 7. The molecule has 0 radical (unpaired) electrons. The molecule has 0 fully saturated rings. The molecule has 0 aliphatic carbocycles. The Bertz CT molecular complexity index is 1030. The van der Waals surface area contributed by atoms with Crippen molar-refractivity contribution < 1.29 is 18.7 Å². The lowest BCUT2D eigenvalue weighted by atomic mass is 10.0. The summed E-state index contributed by atoms with van der Waals surface area (Å²) in [5.41, 5.74) is 1.67. The molecule has 6 nitrogen and oxygen atoms in total. The van der Waals surface area contributed by atoms with Gasteiger partial charge in [0.2, 0.25) is 5.89 Å². The number of oxazole rings is 1. The Labute approximate surface area is 180 Å². The smallest absolute Gasteiger partial charge is 0.329 e. The maximum atomic E-state index is 12.7. The van der Waals surface area contributed by atoms with E-state index >= 15 is 0 Å². The predicted molar refractivity (Wildman–Crippen MR) is 114 cm³/mol. The Morgan fingerprint density at radius 2 is 1.77 bits per heavy atom. The fourth-order valence-corrected chi connectivity index (χ4v) is 3.08. The Balaban J connectivity index is 1.67. The second kappa shape index (κ2) is 9.59. The summed E-state index contributed by atoms with van der Waals surface area (Å²) in [6.07, 6.45) is 0. The highest BCUT2D eigenvalue weighted by Gasteiger charge is 2.27. The van der Waals surface area contributed by atoms with Crippen LogP contribution < -0.4 is 5.32 Å². The van der Waals surface area contributed by atoms with E-state index in [1.54, 1.807) is 31.2 Å². The lowest BCUT2D eigenvalue weighted by molar-refractivity contribution is -0.148. The number of nitrogens with one attached hydrogen (secondary N) is 1. The van der Waals surface area contributed by atoms with Gasteiger partial charge < -0.3 is 14.5 Å². The van der Waals surface area contributed by atoms with Crippen molar-refractivity contribution in [2.24, 2.45) is 5.92 Å². The van der Waals surface area contributed by atoms with E-state index in [4.69, 9.17) is 20.8 Å². The van der Waals surface area contributed by atoms with Gasteiger partial charge in [-0.2, -0.15) is 0 Å². The molecule has 30 heavy (non-hydrogen) atoms. The highest BCUT2D eigenvalue weighted by molar-refractivity contribution is 6.33. The molecule has 2 aromatic carbocycles. The summed E-state index contributed by atoms with van der Waals surface area (Å²) in [6.45, 7) is 5.37. The van der Waals surface area contributed by atoms with E-state index in [0.717, 1.165) is 5.56 Å². The minimum Gasteiger partial charge on any atom is -0.457 e. The number of halogens is 1. The van der Waals surface area contributed by atoms with Gasteiger partial charge in [0, 0.05) is 5.56 Å². The maximum Gasteiger partial charge on any atom is 0.329 e. The van der Waals surface area contributed by atoms with Gasteiger partial charge in [-0.15, -0.1) is 0 Å². The molecule has 0 saturated heterocycles. The minimum atomic E-state index is -0.824. The van der Waals surface area contributed by atoms with Crippen molar-refractivity contribution in [2.75, 3.05) is 0 Å². The molecule has 0 aliphatic heterocycles. The monoisotopic (exact) mass is 426 g/mol. The number of esters is 1. The number of hydrogen-bond donors (Lipinski definition) is 1. The van der Waals surface area contributed by atoms with Crippen molar-refractivity contribution in [1.82, 2.24) is 10.3 Å². The summed E-state index contributed by atoms with van der Waals surface area (Å²) < 4.78 is 11.1. The van der Waals surface area contributed by atoms with Crippen molar-refractivity contribution in [3.8, 4) is 11.5 Å². The molecular formula is C23H23ClN2O4. The Morgan fingerprint density at radius 1 is 1.10 bits per heavy atom. The largest absolute Gasteiger partial charge is 0.457 e. The van der Waals surface area contributed by atoms with Crippen LogP contribution >= 0.6 is 11.6 Å². The van der Waals surface area contributed by atoms with Gasteiger partial charge in [0.15, 0.2) is 0 Å². The third kappa shape index (κ3) is 5.07. The zero-order chi connectivity index (χ0) is 21.7. The van der Waals surface area contributed by atoms with Gasteiger partial charge in [0.1, 0.15) is 24.1 Å². The first-order chi connectivity index (χ1) is 14.4. The topological polar surface area (TPSA) is 81.4 Å². The number of hydrogen-bond acceptors (Lipinski definition) is 5. The van der Waals surface area contributed by atoms with Crippen molar-refractivity contribution in [3.05, 3.63) is 76.6 Å². The highest BCUT2D eigenvalue weighted by atomic mass is 35.5. The number of aryl methyl sites for hydroxylation is 1. The van der Waals surface area contributed by atoms with Gasteiger partial charge in [-0.05, 0) is 37.1 Å². The Morgan fingerprint density at radius 3 is 2.43 bits per heavy atom. The molecule has 1 aromatic heterocycles. The van der Waals surface area contributed by atoms with Crippen LogP contribution in [0.3, 0.4) is 0 Å². The molecule has 1 unspecified atom stereocenters. The third-order valence-electron chi connectivity index (χ3n) is 4.59. The number of amides is 1. The molecule has 0 aliphatic rings. The van der Waals surface area contributed by atoms with Crippen LogP contribution in [0.25, 0.3) is 11.5 Å². The van der Waals surface area contributed by atoms with Crippen molar-refractivity contribution in [3.63, 3.8) is 0 Å². The van der Waals surface area contributed by atoms with Crippen molar-refractivity contribution in [1.29, 1.82) is 0 Å². The molecule has 0 saturated carbocycles. The number of ether oxygens (including phenoxy) is 1. The van der Waals surface area contributed by atoms with Crippen LogP contribution in [0.15, 0.2) is 59.0 Å². The fourth-order valence-electron chi connectivity index (χ4n) is 2.86. The number of nitrogens with zero attached hydrogens (tertiary/aromatic N) is 1. The molecule has 156 valence electrons. The molecule has 1 amide bonds. The second-order valence-corrected chi connectivity index (χ2v) is 7.58. The number of benzene rings is 2. The summed E-state index contributed by atoms with van der Waals surface area (Å²) >= 11 is 6.08. The first-order valence-electron chi connectivity index (χ1n) is 9.60. The third-order valence-corrected chi connectivity index (χ3v) is 4.92. The van der Waals surface area contributed by atoms with E-state index < -0.39 is 17.9 Å². The second-order valence-electron chi connectivity index (χ2n) is 7.17. The lowest BCUT2D eigenvalue weighted by Crippen LogP contribution is -2.45. The zero-order valence-electron chi connectivity index (χ0n) is 17.0. The first-order valence-corrected chi connectivity index (χ1v) is 9.98. The summed E-state index contributed by atoms with van der Waals surface area (Å²) in [7, 11) is 0. The van der Waals surface area contributed by atoms with Gasteiger partial charge in [-0.3, -0.25) is 4.79 Å². The van der Waals surface area contributed by atoms with Crippen LogP contribution in [0.2, 0.25) is 5.02 Å². The van der Waals surface area contributed by atoms with Crippen molar-refractivity contribution >= 4 is 23.5 Å². The molecule has 1 heterocycles. The summed E-state index contributed by atoms with van der Waals surface area (Å²) in [4.78, 5) is 29.6. The summed E-state index contributed by atoms with van der Waals surface area (Å²) in [5, 5.41) is 3.03. The number of carbonyl (C=O) groups is 2. The normalized spacial score (nSPS) is 11.9. The molecule has 3 aromatic rings. The first kappa shape index (κ1) is 21.6. The highest BCUT2D eigenvalue weighted by Crippen LogP contribution is 2.22. The van der Waals surface area contributed by atoms with Crippen LogP contribution in [-0.4, -0.2) is 22.9 Å². The van der Waals surface area contributed by atoms with E-state index in [1.807, 2.05) is 44.2 Å². The van der Waals surface area contributed by atoms with E-state index in [0.29, 0.717) is 27.9 Å². The summed E-state index contributed by atoms with van der Waals surface area (Å²) in [6, 6.07) is 15.3. The molecule has 1 N–H and O–H groups in total. The molecule has 3 rings (SSSR count). The number of aromatic nitrogens is 1. The van der Waals surface area contributed by atoms with Crippen LogP contribution in [0.1, 0.15) is 35.7 Å². The Hall–Kier alpha value is -3.12. The predicted octanol–water partition coefficient (Wildman–Crippen LogP) is 4.80.